The van der Waals surface area contributed by atoms with Gasteiger partial charge >= 0.3 is 0 Å². The monoisotopic (exact) mass is 262 g/mol. The summed E-state index contributed by atoms with van der Waals surface area (Å²) in [4.78, 5) is 18.7. The fraction of sp³-hybridized carbons (Fsp3) is 0.714. The van der Waals surface area contributed by atoms with Gasteiger partial charge in [-0.25, -0.2) is 4.98 Å². The Bertz CT molecular complexity index is 446. The van der Waals surface area contributed by atoms with Crippen molar-refractivity contribution >= 4 is 5.91 Å². The smallest absolute Gasteiger partial charge is 0.274 e. The van der Waals surface area contributed by atoms with Gasteiger partial charge in [-0.2, -0.15) is 0 Å². The minimum absolute atomic E-state index is 0.0844. The molecule has 0 bridgehead atoms. The molecule has 2 aliphatic rings. The zero-order chi connectivity index (χ0) is 13.2. The molecule has 104 valence electrons. The fourth-order valence-electron chi connectivity index (χ4n) is 2.72. The average molecular weight is 262 g/mol. The number of nitrogens with one attached hydrogen (secondary N) is 1. The summed E-state index contributed by atoms with van der Waals surface area (Å²) >= 11 is 0. The van der Waals surface area contributed by atoms with Crippen LogP contribution in [0.4, 0.5) is 0 Å². The molecule has 1 unspecified atom stereocenters. The Morgan fingerprint density at radius 1 is 1.47 bits per heavy atom. The van der Waals surface area contributed by atoms with Crippen molar-refractivity contribution < 1.29 is 4.79 Å². The maximum atomic E-state index is 12.5. The summed E-state index contributed by atoms with van der Waals surface area (Å²) in [7, 11) is 1.90. The van der Waals surface area contributed by atoms with Crippen molar-refractivity contribution in [2.24, 2.45) is 13.0 Å². The van der Waals surface area contributed by atoms with Gasteiger partial charge in [0, 0.05) is 32.4 Å². The van der Waals surface area contributed by atoms with E-state index in [1.54, 1.807) is 6.33 Å². The maximum Gasteiger partial charge on any atom is 0.274 e. The molecule has 5 nitrogen and oxygen atoms in total. The molecule has 0 aromatic carbocycles. The molecule has 1 aliphatic carbocycles. The van der Waals surface area contributed by atoms with Crippen LogP contribution in [0.3, 0.4) is 0 Å². The van der Waals surface area contributed by atoms with Gasteiger partial charge in [0.05, 0.1) is 6.33 Å². The minimum Gasteiger partial charge on any atom is -0.340 e. The highest BCUT2D eigenvalue weighted by molar-refractivity contribution is 5.92. The first kappa shape index (κ1) is 12.7. The molecule has 1 aromatic rings. The summed E-state index contributed by atoms with van der Waals surface area (Å²) < 4.78 is 1.83. The highest BCUT2D eigenvalue weighted by atomic mass is 16.2. The van der Waals surface area contributed by atoms with Crippen LogP contribution in [-0.2, 0) is 7.05 Å². The van der Waals surface area contributed by atoms with Gasteiger partial charge < -0.3 is 14.8 Å². The van der Waals surface area contributed by atoms with Crippen LogP contribution in [0.25, 0.3) is 0 Å². The molecule has 1 saturated carbocycles. The van der Waals surface area contributed by atoms with E-state index in [4.69, 9.17) is 0 Å². The Morgan fingerprint density at radius 2 is 2.32 bits per heavy atom. The molecule has 3 rings (SSSR count). The third-order valence-corrected chi connectivity index (χ3v) is 3.99. The Balaban J connectivity index is 1.67. The van der Waals surface area contributed by atoms with Crippen molar-refractivity contribution in [1.29, 1.82) is 0 Å². The molecular formula is C14H22N4O. The van der Waals surface area contributed by atoms with Crippen LogP contribution >= 0.6 is 0 Å². The molecule has 5 heteroatoms. The lowest BCUT2D eigenvalue weighted by Crippen LogP contribution is -2.42. The van der Waals surface area contributed by atoms with E-state index < -0.39 is 0 Å². The Labute approximate surface area is 114 Å². The van der Waals surface area contributed by atoms with E-state index >= 15 is 0 Å². The van der Waals surface area contributed by atoms with Crippen molar-refractivity contribution in [2.45, 2.75) is 31.7 Å². The maximum absolute atomic E-state index is 12.5. The van der Waals surface area contributed by atoms with Crippen molar-refractivity contribution in [3.8, 4) is 0 Å². The number of aryl methyl sites for hydroxylation is 1. The van der Waals surface area contributed by atoms with E-state index in [-0.39, 0.29) is 5.91 Å². The predicted octanol–water partition coefficient (Wildman–Crippen LogP) is 1.02. The number of hydrogen-bond acceptors (Lipinski definition) is 3. The first-order chi connectivity index (χ1) is 9.22. The molecule has 1 saturated heterocycles. The highest BCUT2D eigenvalue weighted by Crippen LogP contribution is 2.30. The summed E-state index contributed by atoms with van der Waals surface area (Å²) in [6.07, 6.45) is 8.44. The second-order valence-corrected chi connectivity index (χ2v) is 5.87. The summed E-state index contributed by atoms with van der Waals surface area (Å²) in [5.74, 6) is 0.801. The van der Waals surface area contributed by atoms with E-state index in [0.717, 1.165) is 19.6 Å². The topological polar surface area (TPSA) is 50.2 Å². The number of carbonyl (C=O) groups is 1. The molecular weight excluding hydrogens is 240 g/mol. The van der Waals surface area contributed by atoms with Crippen LogP contribution in [0, 0.1) is 5.92 Å². The average Bonchev–Trinajstić information content (AvgIpc) is 2.89. The zero-order valence-corrected chi connectivity index (χ0v) is 11.5. The summed E-state index contributed by atoms with van der Waals surface area (Å²) in [5.41, 5.74) is 0.571. The molecule has 1 aliphatic heterocycles. The molecule has 1 atom stereocenters. The third-order valence-electron chi connectivity index (χ3n) is 3.99. The second-order valence-electron chi connectivity index (χ2n) is 5.87. The van der Waals surface area contributed by atoms with Crippen LogP contribution in [-0.4, -0.2) is 46.0 Å². The van der Waals surface area contributed by atoms with Gasteiger partial charge in [0.2, 0.25) is 0 Å². The van der Waals surface area contributed by atoms with E-state index in [1.807, 2.05) is 22.7 Å². The first-order valence-corrected chi connectivity index (χ1v) is 7.23. The van der Waals surface area contributed by atoms with Gasteiger partial charge in [0.25, 0.3) is 5.91 Å². The predicted molar refractivity (Wildman–Crippen MR) is 72.9 cm³/mol. The largest absolute Gasteiger partial charge is 0.340 e. The minimum atomic E-state index is 0.0844. The fourth-order valence-corrected chi connectivity index (χ4v) is 2.72. The number of carbonyl (C=O) groups excluding carboxylic acids is 1. The molecule has 1 N–H and O–H groups in total. The Morgan fingerprint density at radius 3 is 2.89 bits per heavy atom. The molecule has 1 amide bonds. The van der Waals surface area contributed by atoms with Crippen LogP contribution in [0.15, 0.2) is 12.5 Å². The molecule has 2 heterocycles. The summed E-state index contributed by atoms with van der Waals surface area (Å²) in [6, 6.07) is 0.464. The lowest BCUT2D eigenvalue weighted by Gasteiger charge is -2.25. The molecule has 0 radical (unpaired) electrons. The van der Waals surface area contributed by atoms with Crippen molar-refractivity contribution in [3.63, 3.8) is 0 Å². The van der Waals surface area contributed by atoms with Crippen LogP contribution < -0.4 is 5.32 Å². The van der Waals surface area contributed by atoms with Gasteiger partial charge in [-0.1, -0.05) is 0 Å². The van der Waals surface area contributed by atoms with Crippen molar-refractivity contribution in [3.05, 3.63) is 18.2 Å². The van der Waals surface area contributed by atoms with Crippen LogP contribution in [0.1, 0.15) is 36.2 Å². The van der Waals surface area contributed by atoms with E-state index in [2.05, 4.69) is 10.3 Å². The van der Waals surface area contributed by atoms with Gasteiger partial charge in [-0.3, -0.25) is 4.79 Å². The molecule has 2 fully saturated rings. The van der Waals surface area contributed by atoms with Crippen molar-refractivity contribution in [1.82, 2.24) is 19.8 Å². The quantitative estimate of drug-likeness (QED) is 0.862. The van der Waals surface area contributed by atoms with Gasteiger partial charge in [-0.05, 0) is 38.1 Å². The van der Waals surface area contributed by atoms with Crippen LogP contribution in [0.5, 0.6) is 0 Å². The standard InChI is InChI=1S/C14H22N4O/c1-17-9-13(16-10-17)14(19)18(7-11-4-5-11)8-12-3-2-6-15-12/h9-12,15H,2-8H2,1H3. The van der Waals surface area contributed by atoms with Gasteiger partial charge in [0.1, 0.15) is 5.69 Å². The number of rotatable bonds is 5. The number of nitrogens with zero attached hydrogens (tertiary/aromatic N) is 3. The third kappa shape index (κ3) is 3.15. The highest BCUT2D eigenvalue weighted by Gasteiger charge is 2.30. The lowest BCUT2D eigenvalue weighted by atomic mass is 10.2. The first-order valence-electron chi connectivity index (χ1n) is 7.23. The van der Waals surface area contributed by atoms with Crippen molar-refractivity contribution in [2.75, 3.05) is 19.6 Å². The van der Waals surface area contributed by atoms with Gasteiger partial charge in [-0.15, -0.1) is 0 Å². The molecule has 1 aromatic heterocycles. The Kier molecular flexibility index (Phi) is 3.55. The molecule has 19 heavy (non-hydrogen) atoms. The zero-order valence-electron chi connectivity index (χ0n) is 11.5. The van der Waals surface area contributed by atoms with Crippen LogP contribution in [0.2, 0.25) is 0 Å². The number of hydrogen-bond donors (Lipinski definition) is 1. The van der Waals surface area contributed by atoms with E-state index in [1.165, 1.54) is 25.7 Å². The SMILES string of the molecule is Cn1cnc(C(=O)N(CC2CC2)CC2CCCN2)c1. The number of aromatic nitrogens is 2. The van der Waals surface area contributed by atoms with E-state index in [9.17, 15) is 4.79 Å². The van der Waals surface area contributed by atoms with E-state index in [0.29, 0.717) is 17.7 Å². The number of imidazole rings is 1. The normalized spacial score (nSPS) is 22.7. The summed E-state index contributed by atoms with van der Waals surface area (Å²) in [6.45, 7) is 2.80. The number of amides is 1. The molecule has 0 spiro atoms. The lowest BCUT2D eigenvalue weighted by molar-refractivity contribution is 0.0728. The Hall–Kier alpha value is -1.36. The second kappa shape index (κ2) is 5.33. The summed E-state index contributed by atoms with van der Waals surface area (Å²) in [5, 5.41) is 3.47. The van der Waals surface area contributed by atoms with Gasteiger partial charge in [0.15, 0.2) is 0 Å².